The van der Waals surface area contributed by atoms with Crippen molar-refractivity contribution < 1.29 is 9.90 Å². The molecule has 0 rings (SSSR count). The van der Waals surface area contributed by atoms with Crippen LogP contribution < -0.4 is 0 Å². The highest BCUT2D eigenvalue weighted by Crippen LogP contribution is 2.18. The van der Waals surface area contributed by atoms with Crippen LogP contribution in [0.3, 0.4) is 0 Å². The Labute approximate surface area is 116 Å². The molecule has 2 atom stereocenters. The second-order valence-corrected chi connectivity index (χ2v) is 5.37. The van der Waals surface area contributed by atoms with E-state index in [1.807, 2.05) is 13.0 Å². The fraction of sp³-hybridized carbons (Fsp3) is 0.625. The SMILES string of the molecule is CC(C)=CCCC(C)=CCCC(C)C(C#N)C(=O)O. The summed E-state index contributed by atoms with van der Waals surface area (Å²) >= 11 is 0. The number of nitriles is 1. The van der Waals surface area contributed by atoms with Gasteiger partial charge in [-0.15, -0.1) is 0 Å². The van der Waals surface area contributed by atoms with Gasteiger partial charge < -0.3 is 5.11 Å². The monoisotopic (exact) mass is 263 g/mol. The van der Waals surface area contributed by atoms with Crippen LogP contribution in [0.5, 0.6) is 0 Å². The highest BCUT2D eigenvalue weighted by Gasteiger charge is 2.23. The van der Waals surface area contributed by atoms with Crippen molar-refractivity contribution in [3.63, 3.8) is 0 Å². The van der Waals surface area contributed by atoms with E-state index >= 15 is 0 Å². The minimum atomic E-state index is -1.01. The lowest BCUT2D eigenvalue weighted by Crippen LogP contribution is -2.19. The first-order valence-corrected chi connectivity index (χ1v) is 6.80. The number of allylic oxidation sites excluding steroid dienone is 4. The van der Waals surface area contributed by atoms with E-state index in [0.29, 0.717) is 0 Å². The predicted octanol–water partition coefficient (Wildman–Crippen LogP) is 4.32. The maximum Gasteiger partial charge on any atom is 0.321 e. The van der Waals surface area contributed by atoms with Crippen LogP contribution in [-0.2, 0) is 4.79 Å². The van der Waals surface area contributed by atoms with Crippen LogP contribution in [0.15, 0.2) is 23.3 Å². The normalized spacial score (nSPS) is 14.4. The Kier molecular flexibility index (Phi) is 8.61. The first kappa shape index (κ1) is 17.4. The predicted molar refractivity (Wildman–Crippen MR) is 77.6 cm³/mol. The van der Waals surface area contributed by atoms with Crippen LogP contribution in [0.4, 0.5) is 0 Å². The van der Waals surface area contributed by atoms with Gasteiger partial charge in [-0.25, -0.2) is 0 Å². The Morgan fingerprint density at radius 3 is 2.37 bits per heavy atom. The van der Waals surface area contributed by atoms with E-state index in [4.69, 9.17) is 10.4 Å². The summed E-state index contributed by atoms with van der Waals surface area (Å²) in [6, 6.07) is 1.86. The minimum absolute atomic E-state index is 0.107. The molecule has 0 bridgehead atoms. The number of hydrogen-bond acceptors (Lipinski definition) is 2. The topological polar surface area (TPSA) is 61.1 Å². The molecule has 0 fully saturated rings. The number of hydrogen-bond donors (Lipinski definition) is 1. The Morgan fingerprint density at radius 2 is 1.89 bits per heavy atom. The summed E-state index contributed by atoms with van der Waals surface area (Å²) in [6.07, 6.45) is 8.05. The van der Waals surface area contributed by atoms with Crippen molar-refractivity contribution in [1.29, 1.82) is 5.26 Å². The van der Waals surface area contributed by atoms with Crippen molar-refractivity contribution in [2.45, 2.75) is 53.4 Å². The zero-order valence-corrected chi connectivity index (χ0v) is 12.4. The molecule has 0 aromatic carbocycles. The number of carboxylic acids is 1. The Morgan fingerprint density at radius 1 is 1.26 bits per heavy atom. The van der Waals surface area contributed by atoms with Gasteiger partial charge in [0.05, 0.1) is 6.07 Å². The van der Waals surface area contributed by atoms with E-state index in [0.717, 1.165) is 25.7 Å². The van der Waals surface area contributed by atoms with Gasteiger partial charge in [-0.3, -0.25) is 4.79 Å². The number of nitrogens with zero attached hydrogens (tertiary/aromatic N) is 1. The third-order valence-corrected chi connectivity index (χ3v) is 3.18. The molecule has 0 saturated carbocycles. The molecule has 0 saturated heterocycles. The van der Waals surface area contributed by atoms with Crippen molar-refractivity contribution in [2.24, 2.45) is 11.8 Å². The van der Waals surface area contributed by atoms with Crippen LogP contribution in [-0.4, -0.2) is 11.1 Å². The van der Waals surface area contributed by atoms with E-state index in [1.54, 1.807) is 0 Å². The molecule has 3 heteroatoms. The number of carbonyl (C=O) groups is 1. The van der Waals surface area contributed by atoms with Gasteiger partial charge in [0.2, 0.25) is 0 Å². The summed E-state index contributed by atoms with van der Waals surface area (Å²) in [7, 11) is 0. The largest absolute Gasteiger partial charge is 0.480 e. The van der Waals surface area contributed by atoms with Crippen LogP contribution >= 0.6 is 0 Å². The smallest absolute Gasteiger partial charge is 0.321 e. The van der Waals surface area contributed by atoms with Gasteiger partial charge in [-0.2, -0.15) is 5.26 Å². The first-order chi connectivity index (χ1) is 8.88. The van der Waals surface area contributed by atoms with Crippen molar-refractivity contribution in [3.05, 3.63) is 23.3 Å². The maximum atomic E-state index is 10.8. The Hall–Kier alpha value is -1.56. The Bertz CT molecular complexity index is 384. The van der Waals surface area contributed by atoms with Crippen molar-refractivity contribution in [2.75, 3.05) is 0 Å². The van der Waals surface area contributed by atoms with Gasteiger partial charge in [0.15, 0.2) is 0 Å². The molecule has 0 aromatic heterocycles. The molecule has 0 aromatic rings. The molecule has 0 aliphatic heterocycles. The fourth-order valence-corrected chi connectivity index (χ4v) is 1.88. The lowest BCUT2D eigenvalue weighted by atomic mass is 9.91. The van der Waals surface area contributed by atoms with Crippen LogP contribution in [0.25, 0.3) is 0 Å². The van der Waals surface area contributed by atoms with Gasteiger partial charge in [0.25, 0.3) is 0 Å². The lowest BCUT2D eigenvalue weighted by Gasteiger charge is -2.12. The van der Waals surface area contributed by atoms with E-state index in [-0.39, 0.29) is 5.92 Å². The zero-order chi connectivity index (χ0) is 14.8. The third kappa shape index (κ3) is 8.20. The average molecular weight is 263 g/mol. The van der Waals surface area contributed by atoms with E-state index in [9.17, 15) is 4.79 Å². The first-order valence-electron chi connectivity index (χ1n) is 6.80. The summed E-state index contributed by atoms with van der Waals surface area (Å²) in [5.41, 5.74) is 2.66. The Balaban J connectivity index is 4.10. The standard InChI is InChI=1S/C16H25NO2/c1-12(2)7-5-8-13(3)9-6-10-14(4)15(11-17)16(18)19/h7,9,14-15H,5-6,8,10H2,1-4H3,(H,18,19). The molecule has 0 aliphatic rings. The molecule has 2 unspecified atom stereocenters. The van der Waals surface area contributed by atoms with Crippen LogP contribution in [0, 0.1) is 23.2 Å². The zero-order valence-electron chi connectivity index (χ0n) is 12.4. The molecule has 19 heavy (non-hydrogen) atoms. The fourth-order valence-electron chi connectivity index (χ4n) is 1.88. The van der Waals surface area contributed by atoms with E-state index < -0.39 is 11.9 Å². The van der Waals surface area contributed by atoms with Gasteiger partial charge in [0, 0.05) is 0 Å². The minimum Gasteiger partial charge on any atom is -0.480 e. The summed E-state index contributed by atoms with van der Waals surface area (Å²) in [6.45, 7) is 8.11. The maximum absolute atomic E-state index is 10.8. The summed E-state index contributed by atoms with van der Waals surface area (Å²) < 4.78 is 0. The summed E-state index contributed by atoms with van der Waals surface area (Å²) in [4.78, 5) is 10.8. The second-order valence-electron chi connectivity index (χ2n) is 5.37. The quantitative estimate of drug-likeness (QED) is 0.663. The van der Waals surface area contributed by atoms with Gasteiger partial charge in [-0.05, 0) is 52.4 Å². The molecule has 0 spiro atoms. The number of rotatable bonds is 8. The molecule has 0 amide bonds. The molecule has 3 nitrogen and oxygen atoms in total. The number of carboxylic acid groups (broad SMARTS) is 1. The van der Waals surface area contributed by atoms with Crippen molar-refractivity contribution in [1.82, 2.24) is 0 Å². The average Bonchev–Trinajstić information content (AvgIpc) is 2.28. The molecular weight excluding hydrogens is 238 g/mol. The van der Waals surface area contributed by atoms with Gasteiger partial charge >= 0.3 is 5.97 Å². The molecular formula is C16H25NO2. The van der Waals surface area contributed by atoms with Crippen LogP contribution in [0.2, 0.25) is 0 Å². The molecule has 1 N–H and O–H groups in total. The summed E-state index contributed by atoms with van der Waals surface area (Å²) in [5, 5.41) is 17.7. The van der Waals surface area contributed by atoms with E-state index in [1.165, 1.54) is 11.1 Å². The second kappa shape index (κ2) is 9.38. The van der Waals surface area contributed by atoms with Crippen LogP contribution in [0.1, 0.15) is 53.4 Å². The highest BCUT2D eigenvalue weighted by atomic mass is 16.4. The highest BCUT2D eigenvalue weighted by molar-refractivity contribution is 5.73. The van der Waals surface area contributed by atoms with E-state index in [2.05, 4.69) is 32.9 Å². The van der Waals surface area contributed by atoms with Gasteiger partial charge in [0.1, 0.15) is 5.92 Å². The molecule has 0 radical (unpaired) electrons. The van der Waals surface area contributed by atoms with Gasteiger partial charge in [-0.1, -0.05) is 30.2 Å². The number of aliphatic carboxylic acids is 1. The molecule has 106 valence electrons. The molecule has 0 aliphatic carbocycles. The summed E-state index contributed by atoms with van der Waals surface area (Å²) in [5.74, 6) is -2.01. The lowest BCUT2D eigenvalue weighted by molar-refractivity contribution is -0.141. The van der Waals surface area contributed by atoms with Crippen molar-refractivity contribution >= 4 is 5.97 Å². The third-order valence-electron chi connectivity index (χ3n) is 3.18. The van der Waals surface area contributed by atoms with Crippen molar-refractivity contribution in [3.8, 4) is 6.07 Å². The molecule has 0 heterocycles.